The van der Waals surface area contributed by atoms with Crippen LogP contribution in [0.15, 0.2) is 48.8 Å². The minimum absolute atomic E-state index is 0.553. The number of tetrazole rings is 1. The molecule has 0 N–H and O–H groups in total. The third kappa shape index (κ3) is 2.64. The van der Waals surface area contributed by atoms with E-state index in [9.17, 15) is 0 Å². The van der Waals surface area contributed by atoms with E-state index in [-0.39, 0.29) is 0 Å². The van der Waals surface area contributed by atoms with Crippen LogP contribution in [0, 0.1) is 0 Å². The fourth-order valence-corrected chi connectivity index (χ4v) is 1.82. The van der Waals surface area contributed by atoms with Crippen molar-refractivity contribution in [2.24, 2.45) is 0 Å². The summed E-state index contributed by atoms with van der Waals surface area (Å²) in [6.45, 7) is 0.553. The molecular weight excluding hydrogens is 254 g/mol. The molecule has 2 heterocycles. The molecule has 0 radical (unpaired) electrons. The Bertz CT molecular complexity index is 678. The van der Waals surface area contributed by atoms with Crippen molar-refractivity contribution in [3.8, 4) is 17.1 Å². The maximum atomic E-state index is 5.12. The van der Waals surface area contributed by atoms with Crippen LogP contribution < -0.4 is 4.74 Å². The molecule has 0 saturated heterocycles. The molecule has 0 atom stereocenters. The molecule has 20 heavy (non-hydrogen) atoms. The van der Waals surface area contributed by atoms with E-state index in [2.05, 4.69) is 20.4 Å². The normalized spacial score (nSPS) is 10.4. The smallest absolute Gasteiger partial charge is 0.204 e. The zero-order valence-electron chi connectivity index (χ0n) is 11.0. The lowest BCUT2D eigenvalue weighted by atomic mass is 10.2. The summed E-state index contributed by atoms with van der Waals surface area (Å²) >= 11 is 0. The van der Waals surface area contributed by atoms with Gasteiger partial charge in [-0.05, 0) is 41.1 Å². The number of rotatable bonds is 4. The number of benzene rings is 1. The Morgan fingerprint density at radius 2 is 2.00 bits per heavy atom. The van der Waals surface area contributed by atoms with E-state index in [1.54, 1.807) is 24.3 Å². The molecule has 1 aromatic carbocycles. The topological polar surface area (TPSA) is 65.7 Å². The van der Waals surface area contributed by atoms with E-state index in [4.69, 9.17) is 4.74 Å². The first-order valence-electron chi connectivity index (χ1n) is 6.16. The molecule has 0 aliphatic carbocycles. The summed E-state index contributed by atoms with van der Waals surface area (Å²) in [4.78, 5) is 5.61. The minimum Gasteiger partial charge on any atom is -0.497 e. The van der Waals surface area contributed by atoms with Gasteiger partial charge in [0.1, 0.15) is 5.75 Å². The molecular formula is C14H13N5O. The lowest BCUT2D eigenvalue weighted by Gasteiger charge is -1.99. The molecule has 0 saturated carbocycles. The van der Waals surface area contributed by atoms with Gasteiger partial charge in [0.05, 0.1) is 13.7 Å². The van der Waals surface area contributed by atoms with Crippen molar-refractivity contribution in [1.82, 2.24) is 25.2 Å². The van der Waals surface area contributed by atoms with Gasteiger partial charge in [-0.3, -0.25) is 4.98 Å². The molecule has 0 aliphatic rings. The third-order valence-corrected chi connectivity index (χ3v) is 2.85. The van der Waals surface area contributed by atoms with E-state index in [0.717, 1.165) is 16.9 Å². The molecule has 3 rings (SSSR count). The maximum Gasteiger partial charge on any atom is 0.204 e. The first-order chi connectivity index (χ1) is 9.85. The molecule has 100 valence electrons. The number of hydrogen-bond acceptors (Lipinski definition) is 5. The molecule has 6 nitrogen and oxygen atoms in total. The predicted octanol–water partition coefficient (Wildman–Crippen LogP) is 1.79. The van der Waals surface area contributed by atoms with Crippen LogP contribution in [-0.2, 0) is 6.54 Å². The second-order valence-corrected chi connectivity index (χ2v) is 4.23. The molecule has 0 spiro atoms. The molecule has 6 heteroatoms. The van der Waals surface area contributed by atoms with Gasteiger partial charge in [-0.1, -0.05) is 6.07 Å². The van der Waals surface area contributed by atoms with Crippen molar-refractivity contribution in [2.45, 2.75) is 6.54 Å². The van der Waals surface area contributed by atoms with Gasteiger partial charge in [0, 0.05) is 18.0 Å². The summed E-state index contributed by atoms with van der Waals surface area (Å²) in [7, 11) is 1.64. The van der Waals surface area contributed by atoms with Crippen molar-refractivity contribution in [3.63, 3.8) is 0 Å². The Hall–Kier alpha value is -2.76. The number of methoxy groups -OCH3 is 1. The lowest BCUT2D eigenvalue weighted by molar-refractivity contribution is 0.415. The van der Waals surface area contributed by atoms with Crippen LogP contribution in [0.2, 0.25) is 0 Å². The Balaban J connectivity index is 1.79. The van der Waals surface area contributed by atoms with Gasteiger partial charge in [-0.2, -0.15) is 4.80 Å². The Morgan fingerprint density at radius 1 is 1.15 bits per heavy atom. The highest BCUT2D eigenvalue weighted by Crippen LogP contribution is 2.18. The zero-order valence-corrected chi connectivity index (χ0v) is 11.0. The van der Waals surface area contributed by atoms with E-state index in [1.807, 2.05) is 36.4 Å². The highest BCUT2D eigenvalue weighted by molar-refractivity contribution is 5.55. The standard InChI is InChI=1S/C14H13N5O/c1-20-13-6-4-12(5-7-13)14-16-18-19(17-14)10-11-3-2-8-15-9-11/h2-9H,10H2,1H3. The van der Waals surface area contributed by atoms with E-state index in [1.165, 1.54) is 0 Å². The Labute approximate surface area is 116 Å². The number of aromatic nitrogens is 5. The van der Waals surface area contributed by atoms with E-state index < -0.39 is 0 Å². The van der Waals surface area contributed by atoms with Gasteiger partial charge in [-0.15, -0.1) is 10.2 Å². The minimum atomic E-state index is 0.553. The first-order valence-corrected chi connectivity index (χ1v) is 6.16. The molecule has 0 bridgehead atoms. The van der Waals surface area contributed by atoms with Crippen LogP contribution in [0.3, 0.4) is 0 Å². The van der Waals surface area contributed by atoms with Crippen LogP contribution >= 0.6 is 0 Å². The summed E-state index contributed by atoms with van der Waals surface area (Å²) in [5, 5.41) is 12.5. The number of pyridine rings is 1. The Kier molecular flexibility index (Phi) is 3.36. The van der Waals surface area contributed by atoms with Crippen LogP contribution in [0.5, 0.6) is 5.75 Å². The van der Waals surface area contributed by atoms with E-state index >= 15 is 0 Å². The number of nitrogens with zero attached hydrogens (tertiary/aromatic N) is 5. The highest BCUT2D eigenvalue weighted by atomic mass is 16.5. The molecule has 2 aromatic heterocycles. The average Bonchev–Trinajstić information content (AvgIpc) is 2.97. The van der Waals surface area contributed by atoms with Crippen LogP contribution in [0.1, 0.15) is 5.56 Å². The lowest BCUT2D eigenvalue weighted by Crippen LogP contribution is -2.04. The van der Waals surface area contributed by atoms with Gasteiger partial charge in [-0.25, -0.2) is 0 Å². The fourth-order valence-electron chi connectivity index (χ4n) is 1.82. The van der Waals surface area contributed by atoms with Gasteiger partial charge in [0.15, 0.2) is 0 Å². The predicted molar refractivity (Wildman–Crippen MR) is 73.1 cm³/mol. The zero-order chi connectivity index (χ0) is 13.8. The van der Waals surface area contributed by atoms with Crippen molar-refractivity contribution < 1.29 is 4.74 Å². The third-order valence-electron chi connectivity index (χ3n) is 2.85. The second-order valence-electron chi connectivity index (χ2n) is 4.23. The summed E-state index contributed by atoms with van der Waals surface area (Å²) in [6, 6.07) is 11.4. The summed E-state index contributed by atoms with van der Waals surface area (Å²) in [5.74, 6) is 1.40. The van der Waals surface area contributed by atoms with Crippen molar-refractivity contribution >= 4 is 0 Å². The molecule has 0 unspecified atom stereocenters. The monoisotopic (exact) mass is 267 g/mol. The number of hydrogen-bond donors (Lipinski definition) is 0. The number of ether oxygens (including phenoxy) is 1. The van der Waals surface area contributed by atoms with Gasteiger partial charge in [0.25, 0.3) is 0 Å². The maximum absolute atomic E-state index is 5.12. The van der Waals surface area contributed by atoms with Gasteiger partial charge >= 0.3 is 0 Å². The quantitative estimate of drug-likeness (QED) is 0.721. The van der Waals surface area contributed by atoms with Gasteiger partial charge < -0.3 is 4.74 Å². The first kappa shape index (κ1) is 12.3. The molecule has 3 aromatic rings. The van der Waals surface area contributed by atoms with Crippen LogP contribution in [-0.4, -0.2) is 32.3 Å². The summed E-state index contributed by atoms with van der Waals surface area (Å²) < 4.78 is 5.12. The van der Waals surface area contributed by atoms with Gasteiger partial charge in [0.2, 0.25) is 5.82 Å². The largest absolute Gasteiger partial charge is 0.497 e. The molecule has 0 aliphatic heterocycles. The molecule has 0 amide bonds. The average molecular weight is 267 g/mol. The second kappa shape index (κ2) is 5.48. The summed E-state index contributed by atoms with van der Waals surface area (Å²) in [5.41, 5.74) is 1.94. The van der Waals surface area contributed by atoms with Crippen LogP contribution in [0.25, 0.3) is 11.4 Å². The highest BCUT2D eigenvalue weighted by Gasteiger charge is 2.06. The summed E-state index contributed by atoms with van der Waals surface area (Å²) in [6.07, 6.45) is 3.53. The van der Waals surface area contributed by atoms with Crippen molar-refractivity contribution in [2.75, 3.05) is 7.11 Å². The van der Waals surface area contributed by atoms with Crippen molar-refractivity contribution in [1.29, 1.82) is 0 Å². The fraction of sp³-hybridized carbons (Fsp3) is 0.143. The van der Waals surface area contributed by atoms with E-state index in [0.29, 0.717) is 12.4 Å². The Morgan fingerprint density at radius 3 is 2.70 bits per heavy atom. The van der Waals surface area contributed by atoms with Crippen LogP contribution in [0.4, 0.5) is 0 Å². The SMILES string of the molecule is COc1ccc(-c2nnn(Cc3cccnc3)n2)cc1. The molecule has 0 fully saturated rings. The van der Waals surface area contributed by atoms with Crippen molar-refractivity contribution in [3.05, 3.63) is 54.4 Å².